The minimum Gasteiger partial charge on any atom is -0.353 e. The lowest BCUT2D eigenvalue weighted by Gasteiger charge is -2.30. The highest BCUT2D eigenvalue weighted by molar-refractivity contribution is 6.00. The van der Waals surface area contributed by atoms with Gasteiger partial charge in [-0.1, -0.05) is 0 Å². The molecule has 0 aromatic heterocycles. The second kappa shape index (κ2) is 6.37. The lowest BCUT2D eigenvalue weighted by atomic mass is 9.98. The maximum Gasteiger partial charge on any atom is 0.227 e. The van der Waals surface area contributed by atoms with Crippen molar-refractivity contribution in [2.75, 3.05) is 11.4 Å². The molecule has 4 rings (SSSR count). The molecule has 134 valence electrons. The van der Waals surface area contributed by atoms with Gasteiger partial charge in [-0.2, -0.15) is 0 Å². The Balaban J connectivity index is 1.40. The number of benzene rings is 1. The minimum atomic E-state index is -0.788. The molecule has 3 aliphatic heterocycles. The van der Waals surface area contributed by atoms with Crippen molar-refractivity contribution < 1.29 is 18.4 Å². The highest BCUT2D eigenvalue weighted by Gasteiger charge is 2.39. The van der Waals surface area contributed by atoms with Crippen molar-refractivity contribution in [1.82, 2.24) is 10.6 Å². The van der Waals surface area contributed by atoms with E-state index >= 15 is 0 Å². The largest absolute Gasteiger partial charge is 0.353 e. The summed E-state index contributed by atoms with van der Waals surface area (Å²) in [6, 6.07) is 4.19. The predicted molar refractivity (Wildman–Crippen MR) is 87.9 cm³/mol. The Labute approximate surface area is 144 Å². The Morgan fingerprint density at radius 1 is 1.20 bits per heavy atom. The molecule has 0 saturated carbocycles. The smallest absolute Gasteiger partial charge is 0.227 e. The van der Waals surface area contributed by atoms with E-state index in [2.05, 4.69) is 10.6 Å². The number of fused-ring (bicyclic) bond motifs is 2. The number of piperidine rings is 1. The van der Waals surface area contributed by atoms with Crippen molar-refractivity contribution in [2.45, 2.75) is 50.2 Å². The molecule has 3 atom stereocenters. The SMILES string of the molecule is O=C(NC1CC2CCC(C1)N2)C1CC(=O)N(c2ccc(F)cc2F)C1. The summed E-state index contributed by atoms with van der Waals surface area (Å²) in [4.78, 5) is 26.0. The third kappa shape index (κ3) is 3.25. The molecule has 2 N–H and O–H groups in total. The first-order valence-corrected chi connectivity index (χ1v) is 8.81. The fraction of sp³-hybridized carbons (Fsp3) is 0.556. The molecule has 7 heteroatoms. The van der Waals surface area contributed by atoms with Crippen molar-refractivity contribution in [1.29, 1.82) is 0 Å². The highest BCUT2D eigenvalue weighted by atomic mass is 19.1. The van der Waals surface area contributed by atoms with Gasteiger partial charge >= 0.3 is 0 Å². The van der Waals surface area contributed by atoms with Crippen LogP contribution in [-0.4, -0.2) is 36.5 Å². The second-order valence-corrected chi connectivity index (χ2v) is 7.32. The normalized spacial score (nSPS) is 31.4. The number of hydrogen-bond donors (Lipinski definition) is 2. The van der Waals surface area contributed by atoms with E-state index in [1.165, 1.54) is 11.0 Å². The van der Waals surface area contributed by atoms with Crippen molar-refractivity contribution in [3.8, 4) is 0 Å². The van der Waals surface area contributed by atoms with Gasteiger partial charge in [-0.15, -0.1) is 0 Å². The van der Waals surface area contributed by atoms with E-state index < -0.39 is 17.6 Å². The van der Waals surface area contributed by atoms with Gasteiger partial charge < -0.3 is 15.5 Å². The number of nitrogens with zero attached hydrogens (tertiary/aromatic N) is 1. The monoisotopic (exact) mass is 349 g/mol. The maximum absolute atomic E-state index is 13.9. The van der Waals surface area contributed by atoms with Gasteiger partial charge in [0.15, 0.2) is 0 Å². The molecule has 0 aliphatic carbocycles. The van der Waals surface area contributed by atoms with Gasteiger partial charge in [0.2, 0.25) is 11.8 Å². The summed E-state index contributed by atoms with van der Waals surface area (Å²) in [6.45, 7) is 0.130. The Hall–Kier alpha value is -2.02. The van der Waals surface area contributed by atoms with E-state index in [4.69, 9.17) is 0 Å². The molecule has 3 heterocycles. The number of anilines is 1. The molecule has 1 aromatic carbocycles. The van der Waals surface area contributed by atoms with Gasteiger partial charge in [-0.05, 0) is 37.8 Å². The van der Waals surface area contributed by atoms with Gasteiger partial charge in [0, 0.05) is 37.2 Å². The molecular weight excluding hydrogens is 328 g/mol. The van der Waals surface area contributed by atoms with Crippen molar-refractivity contribution in [2.24, 2.45) is 5.92 Å². The molecule has 2 bridgehead atoms. The summed E-state index contributed by atoms with van der Waals surface area (Å²) in [7, 11) is 0. The first-order valence-electron chi connectivity index (χ1n) is 8.81. The van der Waals surface area contributed by atoms with Crippen LogP contribution in [0.3, 0.4) is 0 Å². The van der Waals surface area contributed by atoms with E-state index in [1.807, 2.05) is 0 Å². The topological polar surface area (TPSA) is 61.4 Å². The summed E-state index contributed by atoms with van der Waals surface area (Å²) in [5, 5.41) is 6.59. The van der Waals surface area contributed by atoms with Crippen LogP contribution in [0, 0.1) is 17.6 Å². The van der Waals surface area contributed by atoms with Gasteiger partial charge in [0.25, 0.3) is 0 Å². The van der Waals surface area contributed by atoms with Gasteiger partial charge in [-0.3, -0.25) is 9.59 Å². The summed E-state index contributed by atoms with van der Waals surface area (Å²) in [6.07, 6.45) is 4.19. The quantitative estimate of drug-likeness (QED) is 0.873. The third-order valence-corrected chi connectivity index (χ3v) is 5.52. The number of carbonyl (C=O) groups excluding carboxylic acids is 2. The van der Waals surface area contributed by atoms with Crippen LogP contribution in [0.4, 0.5) is 14.5 Å². The Bertz CT molecular complexity index is 700. The summed E-state index contributed by atoms with van der Waals surface area (Å²) >= 11 is 0. The van der Waals surface area contributed by atoms with E-state index in [1.54, 1.807) is 0 Å². The molecule has 0 radical (unpaired) electrons. The van der Waals surface area contributed by atoms with Gasteiger partial charge in [0.05, 0.1) is 11.6 Å². The van der Waals surface area contributed by atoms with Crippen molar-refractivity contribution >= 4 is 17.5 Å². The first-order chi connectivity index (χ1) is 12.0. The molecule has 2 amide bonds. The number of nitrogens with one attached hydrogen (secondary N) is 2. The standard InChI is InChI=1S/C18H21F2N3O2/c19-11-1-4-16(15(20)6-11)23-9-10(5-17(23)24)18(25)22-14-7-12-2-3-13(8-14)21-12/h1,4,6,10,12-14,21H,2-3,5,7-9H2,(H,22,25). The van der Waals surface area contributed by atoms with E-state index in [0.29, 0.717) is 12.1 Å². The number of hydrogen-bond acceptors (Lipinski definition) is 3. The zero-order valence-corrected chi connectivity index (χ0v) is 13.8. The summed E-state index contributed by atoms with van der Waals surface area (Å²) in [5.41, 5.74) is 0.0293. The molecule has 3 aliphatic rings. The van der Waals surface area contributed by atoms with E-state index in [0.717, 1.165) is 37.8 Å². The van der Waals surface area contributed by atoms with Crippen LogP contribution in [0.2, 0.25) is 0 Å². The summed E-state index contributed by atoms with van der Waals surface area (Å²) in [5.74, 6) is -2.43. The van der Waals surface area contributed by atoms with E-state index in [9.17, 15) is 18.4 Å². The number of amides is 2. The van der Waals surface area contributed by atoms with Gasteiger partial charge in [0.1, 0.15) is 11.6 Å². The maximum atomic E-state index is 13.9. The molecule has 3 unspecified atom stereocenters. The predicted octanol–water partition coefficient (Wildman–Crippen LogP) is 1.72. The fourth-order valence-corrected chi connectivity index (χ4v) is 4.31. The van der Waals surface area contributed by atoms with Crippen LogP contribution in [0.15, 0.2) is 18.2 Å². The van der Waals surface area contributed by atoms with Crippen LogP contribution in [0.1, 0.15) is 32.1 Å². The number of carbonyl (C=O) groups is 2. The fourth-order valence-electron chi connectivity index (χ4n) is 4.31. The van der Waals surface area contributed by atoms with Crippen LogP contribution in [0.25, 0.3) is 0 Å². The molecule has 25 heavy (non-hydrogen) atoms. The molecule has 3 saturated heterocycles. The zero-order valence-electron chi connectivity index (χ0n) is 13.8. The van der Waals surface area contributed by atoms with Crippen molar-refractivity contribution in [3.63, 3.8) is 0 Å². The zero-order chi connectivity index (χ0) is 17.6. The van der Waals surface area contributed by atoms with Gasteiger partial charge in [-0.25, -0.2) is 8.78 Å². The Kier molecular flexibility index (Phi) is 4.19. The Morgan fingerprint density at radius 2 is 1.92 bits per heavy atom. The molecular formula is C18H21F2N3O2. The molecule has 0 spiro atoms. The summed E-state index contributed by atoms with van der Waals surface area (Å²) < 4.78 is 27.0. The highest BCUT2D eigenvalue weighted by Crippen LogP contribution is 2.30. The van der Waals surface area contributed by atoms with Crippen LogP contribution in [0.5, 0.6) is 0 Å². The molecule has 1 aromatic rings. The number of halogens is 2. The second-order valence-electron chi connectivity index (χ2n) is 7.32. The molecule has 3 fully saturated rings. The van der Waals surface area contributed by atoms with Crippen molar-refractivity contribution in [3.05, 3.63) is 29.8 Å². The lowest BCUT2D eigenvalue weighted by molar-refractivity contribution is -0.127. The van der Waals surface area contributed by atoms with Crippen LogP contribution < -0.4 is 15.5 Å². The average Bonchev–Trinajstić information content (AvgIpc) is 3.10. The van der Waals surface area contributed by atoms with E-state index in [-0.39, 0.29) is 36.5 Å². The first kappa shape index (κ1) is 16.4. The van der Waals surface area contributed by atoms with Crippen LogP contribution >= 0.6 is 0 Å². The third-order valence-electron chi connectivity index (χ3n) is 5.52. The van der Waals surface area contributed by atoms with Crippen LogP contribution in [-0.2, 0) is 9.59 Å². The average molecular weight is 349 g/mol. The minimum absolute atomic E-state index is 0.0293. The number of rotatable bonds is 3. The lowest BCUT2D eigenvalue weighted by Crippen LogP contribution is -2.49. The Morgan fingerprint density at radius 3 is 2.60 bits per heavy atom. The molecule has 5 nitrogen and oxygen atoms in total.